The minimum atomic E-state index is -0.354. The molecule has 0 aromatic heterocycles. The Morgan fingerprint density at radius 2 is 1.86 bits per heavy atom. The predicted octanol–water partition coefficient (Wildman–Crippen LogP) is 4.38. The van der Waals surface area contributed by atoms with E-state index in [2.05, 4.69) is 5.32 Å². The van der Waals surface area contributed by atoms with Crippen LogP contribution in [0.1, 0.15) is 21.5 Å². The number of carbonyl (C=O) groups excluding carboxylic acids is 1. The van der Waals surface area contributed by atoms with E-state index < -0.39 is 0 Å². The molecule has 22 heavy (non-hydrogen) atoms. The summed E-state index contributed by atoms with van der Waals surface area (Å²) in [6, 6.07) is 7.75. The lowest BCUT2D eigenvalue weighted by Crippen LogP contribution is -2.23. The quantitative estimate of drug-likeness (QED) is 0.896. The summed E-state index contributed by atoms with van der Waals surface area (Å²) in [7, 11) is 1.44. The fraction of sp³-hybridized carbons (Fsp3) is 0.188. The summed E-state index contributed by atoms with van der Waals surface area (Å²) < 4.78 is 18.5. The van der Waals surface area contributed by atoms with Gasteiger partial charge >= 0.3 is 0 Å². The lowest BCUT2D eigenvalue weighted by Gasteiger charge is -2.10. The Morgan fingerprint density at radius 1 is 1.23 bits per heavy atom. The van der Waals surface area contributed by atoms with Gasteiger partial charge in [0.1, 0.15) is 5.82 Å². The molecule has 0 saturated heterocycles. The molecule has 6 heteroatoms. The molecule has 1 N–H and O–H groups in total. The van der Waals surface area contributed by atoms with Gasteiger partial charge in [-0.25, -0.2) is 4.39 Å². The lowest BCUT2D eigenvalue weighted by atomic mass is 10.1. The predicted molar refractivity (Wildman–Crippen MR) is 85.3 cm³/mol. The van der Waals surface area contributed by atoms with Gasteiger partial charge in [0.05, 0.1) is 17.2 Å². The highest BCUT2D eigenvalue weighted by molar-refractivity contribution is 6.37. The molecule has 2 aromatic carbocycles. The molecule has 0 aliphatic heterocycles. The summed E-state index contributed by atoms with van der Waals surface area (Å²) in [5.74, 6) is -0.338. The maximum absolute atomic E-state index is 13.5. The molecule has 0 saturated carbocycles. The molecule has 2 rings (SSSR count). The molecule has 3 nitrogen and oxygen atoms in total. The van der Waals surface area contributed by atoms with Crippen LogP contribution in [0.15, 0.2) is 30.3 Å². The molecule has 0 atom stereocenters. The minimum Gasteiger partial charge on any atom is -0.494 e. The third kappa shape index (κ3) is 3.70. The van der Waals surface area contributed by atoms with Gasteiger partial charge in [-0.05, 0) is 36.2 Å². The van der Waals surface area contributed by atoms with Crippen molar-refractivity contribution in [3.63, 3.8) is 0 Å². The van der Waals surface area contributed by atoms with Crippen LogP contribution in [0.3, 0.4) is 0 Å². The van der Waals surface area contributed by atoms with Crippen LogP contribution in [-0.4, -0.2) is 13.0 Å². The third-order valence-electron chi connectivity index (χ3n) is 3.15. The van der Waals surface area contributed by atoms with Crippen molar-refractivity contribution in [1.82, 2.24) is 5.32 Å². The molecule has 0 radical (unpaired) electrons. The van der Waals surface area contributed by atoms with Crippen LogP contribution in [0.2, 0.25) is 10.0 Å². The van der Waals surface area contributed by atoms with Gasteiger partial charge < -0.3 is 10.1 Å². The summed E-state index contributed by atoms with van der Waals surface area (Å²) in [5, 5.41) is 3.19. The molecule has 0 unspecified atom stereocenters. The molecule has 0 bridgehead atoms. The summed E-state index contributed by atoms with van der Waals surface area (Å²) in [4.78, 5) is 12.1. The first kappa shape index (κ1) is 16.6. The van der Waals surface area contributed by atoms with Crippen molar-refractivity contribution in [2.45, 2.75) is 13.5 Å². The Morgan fingerprint density at radius 3 is 2.41 bits per heavy atom. The summed E-state index contributed by atoms with van der Waals surface area (Å²) in [6.07, 6.45) is 0. The van der Waals surface area contributed by atoms with Crippen LogP contribution < -0.4 is 10.1 Å². The number of amides is 1. The van der Waals surface area contributed by atoms with Crippen molar-refractivity contribution in [1.29, 1.82) is 0 Å². The second-order valence-electron chi connectivity index (χ2n) is 4.74. The molecule has 0 heterocycles. The molecule has 0 fully saturated rings. The maximum Gasteiger partial charge on any atom is 0.251 e. The van der Waals surface area contributed by atoms with Gasteiger partial charge in [-0.2, -0.15) is 0 Å². The standard InChI is InChI=1S/C16H14Cl2FNO2/c1-9-3-4-10(5-14(9)19)8-20-16(21)11-6-12(17)15(22-2)13(18)7-11/h3-7H,8H2,1-2H3,(H,20,21). The molecular formula is C16H14Cl2FNO2. The van der Waals surface area contributed by atoms with Gasteiger partial charge in [-0.15, -0.1) is 0 Å². The molecule has 0 spiro atoms. The molecule has 1 amide bonds. The van der Waals surface area contributed by atoms with E-state index in [0.717, 1.165) is 0 Å². The first-order chi connectivity index (χ1) is 10.4. The van der Waals surface area contributed by atoms with Gasteiger partial charge in [0.25, 0.3) is 5.91 Å². The van der Waals surface area contributed by atoms with E-state index in [1.54, 1.807) is 19.1 Å². The highest BCUT2D eigenvalue weighted by Crippen LogP contribution is 2.33. The largest absolute Gasteiger partial charge is 0.494 e. The Kier molecular flexibility index (Phi) is 5.27. The number of aryl methyl sites for hydroxylation is 1. The fourth-order valence-corrected chi connectivity index (χ4v) is 2.56. The number of hydrogen-bond acceptors (Lipinski definition) is 2. The molecule has 0 aliphatic carbocycles. The smallest absolute Gasteiger partial charge is 0.251 e. The topological polar surface area (TPSA) is 38.3 Å². The van der Waals surface area contributed by atoms with E-state index in [1.165, 1.54) is 25.3 Å². The van der Waals surface area contributed by atoms with E-state index in [4.69, 9.17) is 27.9 Å². The van der Waals surface area contributed by atoms with Crippen LogP contribution in [-0.2, 0) is 6.54 Å². The van der Waals surface area contributed by atoms with E-state index in [9.17, 15) is 9.18 Å². The molecule has 2 aromatic rings. The number of benzene rings is 2. The SMILES string of the molecule is COc1c(Cl)cc(C(=O)NCc2ccc(C)c(F)c2)cc1Cl. The normalized spacial score (nSPS) is 10.4. The highest BCUT2D eigenvalue weighted by Gasteiger charge is 2.13. The van der Waals surface area contributed by atoms with Crippen LogP contribution in [0.25, 0.3) is 0 Å². The van der Waals surface area contributed by atoms with E-state index in [-0.39, 0.29) is 28.3 Å². The zero-order valence-electron chi connectivity index (χ0n) is 12.0. The fourth-order valence-electron chi connectivity index (χ4n) is 1.92. The van der Waals surface area contributed by atoms with Crippen molar-refractivity contribution in [3.8, 4) is 5.75 Å². The van der Waals surface area contributed by atoms with E-state index >= 15 is 0 Å². The first-order valence-electron chi connectivity index (χ1n) is 6.48. The number of rotatable bonds is 4. The van der Waals surface area contributed by atoms with Crippen molar-refractivity contribution in [2.75, 3.05) is 7.11 Å². The van der Waals surface area contributed by atoms with Crippen LogP contribution >= 0.6 is 23.2 Å². The monoisotopic (exact) mass is 341 g/mol. The van der Waals surface area contributed by atoms with Crippen LogP contribution in [0.5, 0.6) is 5.75 Å². The Balaban J connectivity index is 2.11. The number of methoxy groups -OCH3 is 1. The van der Waals surface area contributed by atoms with Gasteiger partial charge in [-0.1, -0.05) is 35.3 Å². The second kappa shape index (κ2) is 6.99. The third-order valence-corrected chi connectivity index (χ3v) is 3.72. The number of nitrogens with one attached hydrogen (secondary N) is 1. The molecule has 0 aliphatic rings. The summed E-state index contributed by atoms with van der Waals surface area (Å²) >= 11 is 12.0. The number of halogens is 3. The maximum atomic E-state index is 13.5. The Bertz CT molecular complexity index is 696. The highest BCUT2D eigenvalue weighted by atomic mass is 35.5. The number of ether oxygens (including phenoxy) is 1. The van der Waals surface area contributed by atoms with Gasteiger partial charge in [0.15, 0.2) is 5.75 Å². The van der Waals surface area contributed by atoms with Crippen molar-refractivity contribution >= 4 is 29.1 Å². The zero-order valence-corrected chi connectivity index (χ0v) is 13.6. The van der Waals surface area contributed by atoms with Crippen molar-refractivity contribution in [3.05, 3.63) is 62.9 Å². The molecule has 116 valence electrons. The summed E-state index contributed by atoms with van der Waals surface area (Å²) in [5.41, 5.74) is 1.54. The lowest BCUT2D eigenvalue weighted by molar-refractivity contribution is 0.0951. The number of carbonyl (C=O) groups is 1. The van der Waals surface area contributed by atoms with Gasteiger partial charge in [-0.3, -0.25) is 4.79 Å². The van der Waals surface area contributed by atoms with Crippen molar-refractivity contribution < 1.29 is 13.9 Å². The van der Waals surface area contributed by atoms with Crippen LogP contribution in [0.4, 0.5) is 4.39 Å². The van der Waals surface area contributed by atoms with Gasteiger partial charge in [0, 0.05) is 12.1 Å². The number of hydrogen-bond donors (Lipinski definition) is 1. The van der Waals surface area contributed by atoms with E-state index in [0.29, 0.717) is 22.4 Å². The Hall–Kier alpha value is -1.78. The summed E-state index contributed by atoms with van der Waals surface area (Å²) in [6.45, 7) is 1.89. The zero-order chi connectivity index (χ0) is 16.3. The van der Waals surface area contributed by atoms with Crippen LogP contribution in [0, 0.1) is 12.7 Å². The first-order valence-corrected chi connectivity index (χ1v) is 7.24. The average Bonchev–Trinajstić information content (AvgIpc) is 2.47. The minimum absolute atomic E-state index is 0.206. The second-order valence-corrected chi connectivity index (χ2v) is 5.55. The average molecular weight is 342 g/mol. The van der Waals surface area contributed by atoms with Crippen molar-refractivity contribution in [2.24, 2.45) is 0 Å². The molecular weight excluding hydrogens is 328 g/mol. The van der Waals surface area contributed by atoms with E-state index in [1.807, 2.05) is 0 Å². The Labute approximate surface area is 138 Å². The van der Waals surface area contributed by atoms with Gasteiger partial charge in [0.2, 0.25) is 0 Å².